The Balaban J connectivity index is 1.38. The number of ether oxygens (including phenoxy) is 2. The first-order chi connectivity index (χ1) is 23.4. The summed E-state index contributed by atoms with van der Waals surface area (Å²) in [6, 6.07) is 16.0. The van der Waals surface area contributed by atoms with Crippen molar-refractivity contribution in [3.05, 3.63) is 65.7 Å². The molecular formula is C36H51N5O8S. The SMILES string of the molecule is CC(C)(C)OC(=O)NCCCC(=O)NC(C)(C)C(=O)N[C@H](COCc1ccccc1)C(=O)N1CCC2(CC1)CN(S(C)(=O)=O)c1ccccc12. The number of rotatable bonds is 13. The fraction of sp³-hybridized carbons (Fsp3) is 0.556. The number of likely N-dealkylation sites (tertiary alicyclic amines) is 1. The van der Waals surface area contributed by atoms with Gasteiger partial charge in [-0.25, -0.2) is 13.2 Å². The number of hydrogen-bond acceptors (Lipinski definition) is 8. The number of carbonyl (C=O) groups excluding carboxylic acids is 4. The first-order valence-corrected chi connectivity index (χ1v) is 18.8. The highest BCUT2D eigenvalue weighted by atomic mass is 32.2. The summed E-state index contributed by atoms with van der Waals surface area (Å²) >= 11 is 0. The minimum atomic E-state index is -3.48. The van der Waals surface area contributed by atoms with Crippen LogP contribution in [0.2, 0.25) is 0 Å². The smallest absolute Gasteiger partial charge is 0.407 e. The van der Waals surface area contributed by atoms with Crippen molar-refractivity contribution in [1.29, 1.82) is 0 Å². The number of fused-ring (bicyclic) bond motifs is 2. The zero-order valence-electron chi connectivity index (χ0n) is 29.9. The van der Waals surface area contributed by atoms with Crippen LogP contribution in [0, 0.1) is 0 Å². The van der Waals surface area contributed by atoms with E-state index in [2.05, 4.69) is 16.0 Å². The number of sulfonamides is 1. The first kappa shape index (κ1) is 38.6. The van der Waals surface area contributed by atoms with Crippen LogP contribution in [0.1, 0.15) is 71.4 Å². The Kier molecular flexibility index (Phi) is 12.2. The van der Waals surface area contributed by atoms with Crippen molar-refractivity contribution in [1.82, 2.24) is 20.9 Å². The van der Waals surface area contributed by atoms with Gasteiger partial charge in [-0.15, -0.1) is 0 Å². The van der Waals surface area contributed by atoms with E-state index in [4.69, 9.17) is 9.47 Å². The number of piperidine rings is 1. The third kappa shape index (κ3) is 10.2. The molecule has 274 valence electrons. The van der Waals surface area contributed by atoms with Crippen molar-refractivity contribution < 1.29 is 37.1 Å². The molecule has 1 saturated heterocycles. The van der Waals surface area contributed by atoms with Gasteiger partial charge in [0.25, 0.3) is 0 Å². The van der Waals surface area contributed by atoms with E-state index in [1.54, 1.807) is 39.5 Å². The van der Waals surface area contributed by atoms with E-state index in [1.807, 2.05) is 54.6 Å². The van der Waals surface area contributed by atoms with Gasteiger partial charge in [-0.2, -0.15) is 0 Å². The first-order valence-electron chi connectivity index (χ1n) is 17.0. The van der Waals surface area contributed by atoms with Gasteiger partial charge >= 0.3 is 6.09 Å². The molecule has 0 aliphatic carbocycles. The molecule has 13 nitrogen and oxygen atoms in total. The lowest BCUT2D eigenvalue weighted by atomic mass is 9.74. The van der Waals surface area contributed by atoms with Crippen LogP contribution < -0.4 is 20.3 Å². The zero-order valence-corrected chi connectivity index (χ0v) is 30.7. The highest BCUT2D eigenvalue weighted by molar-refractivity contribution is 7.92. The Morgan fingerprint density at radius 3 is 2.22 bits per heavy atom. The van der Waals surface area contributed by atoms with Crippen LogP contribution in [0.25, 0.3) is 0 Å². The van der Waals surface area contributed by atoms with E-state index in [9.17, 15) is 27.6 Å². The van der Waals surface area contributed by atoms with Crippen LogP contribution in [0.15, 0.2) is 54.6 Å². The normalized spacial score (nSPS) is 16.4. The molecule has 2 aliphatic heterocycles. The summed E-state index contributed by atoms with van der Waals surface area (Å²) in [6.07, 6.45) is 2.13. The Labute approximate surface area is 295 Å². The van der Waals surface area contributed by atoms with E-state index in [1.165, 1.54) is 10.6 Å². The molecule has 2 aromatic rings. The number of nitrogens with one attached hydrogen (secondary N) is 3. The quantitative estimate of drug-likeness (QED) is 0.267. The number of carbonyl (C=O) groups is 4. The number of hydrogen-bond donors (Lipinski definition) is 3. The molecule has 1 fully saturated rings. The molecule has 50 heavy (non-hydrogen) atoms. The lowest BCUT2D eigenvalue weighted by Gasteiger charge is -2.41. The molecule has 4 rings (SSSR count). The lowest BCUT2D eigenvalue weighted by molar-refractivity contribution is -0.141. The molecule has 2 heterocycles. The van der Waals surface area contributed by atoms with Gasteiger partial charge < -0.3 is 30.3 Å². The van der Waals surface area contributed by atoms with Crippen molar-refractivity contribution in [2.75, 3.05) is 43.3 Å². The van der Waals surface area contributed by atoms with E-state index in [-0.39, 0.29) is 38.0 Å². The summed E-state index contributed by atoms with van der Waals surface area (Å²) in [5, 5.41) is 8.16. The molecule has 1 spiro atoms. The maximum Gasteiger partial charge on any atom is 0.407 e. The van der Waals surface area contributed by atoms with Crippen LogP contribution in [0.4, 0.5) is 10.5 Å². The molecule has 1 atom stereocenters. The maximum absolute atomic E-state index is 14.0. The molecule has 0 saturated carbocycles. The fourth-order valence-electron chi connectivity index (χ4n) is 6.29. The van der Waals surface area contributed by atoms with Gasteiger partial charge in [0.05, 0.1) is 25.2 Å². The molecule has 0 radical (unpaired) electrons. The van der Waals surface area contributed by atoms with Crippen LogP contribution >= 0.6 is 0 Å². The summed E-state index contributed by atoms with van der Waals surface area (Å²) in [6.45, 7) is 9.81. The van der Waals surface area contributed by atoms with E-state index >= 15 is 0 Å². The Bertz CT molecular complexity index is 1630. The van der Waals surface area contributed by atoms with Crippen LogP contribution in [-0.2, 0) is 45.9 Å². The molecule has 0 unspecified atom stereocenters. The molecular weight excluding hydrogens is 662 g/mol. The average Bonchev–Trinajstić information content (AvgIpc) is 3.36. The Morgan fingerprint density at radius 1 is 0.940 bits per heavy atom. The summed E-state index contributed by atoms with van der Waals surface area (Å²) < 4.78 is 37.8. The Morgan fingerprint density at radius 2 is 1.58 bits per heavy atom. The molecule has 0 bridgehead atoms. The third-order valence-electron chi connectivity index (χ3n) is 8.89. The zero-order chi connectivity index (χ0) is 36.7. The number of benzene rings is 2. The van der Waals surface area contributed by atoms with Crippen molar-refractivity contribution in [2.45, 2.75) is 89.5 Å². The Hall–Kier alpha value is -4.17. The monoisotopic (exact) mass is 713 g/mol. The van der Waals surface area contributed by atoms with E-state index in [0.29, 0.717) is 44.6 Å². The van der Waals surface area contributed by atoms with Gasteiger partial charge in [0, 0.05) is 38.0 Å². The highest BCUT2D eigenvalue weighted by Crippen LogP contribution is 2.47. The molecule has 3 N–H and O–H groups in total. The summed E-state index contributed by atoms with van der Waals surface area (Å²) in [5.74, 6) is -1.26. The molecule has 2 aliphatic rings. The molecule has 0 aromatic heterocycles. The van der Waals surface area contributed by atoms with Gasteiger partial charge in [0.1, 0.15) is 17.2 Å². The summed E-state index contributed by atoms with van der Waals surface area (Å²) in [7, 11) is -3.48. The predicted molar refractivity (Wildman–Crippen MR) is 190 cm³/mol. The second kappa shape index (κ2) is 15.8. The van der Waals surface area contributed by atoms with Gasteiger partial charge in [0.15, 0.2) is 0 Å². The molecule has 14 heteroatoms. The maximum atomic E-state index is 14.0. The number of amides is 4. The van der Waals surface area contributed by atoms with Crippen LogP contribution in [0.3, 0.4) is 0 Å². The van der Waals surface area contributed by atoms with E-state index in [0.717, 1.165) is 11.1 Å². The summed E-state index contributed by atoms with van der Waals surface area (Å²) in [4.78, 5) is 53.9. The summed E-state index contributed by atoms with van der Waals surface area (Å²) in [5.41, 5.74) is 0.138. The van der Waals surface area contributed by atoms with Gasteiger partial charge in [-0.3, -0.25) is 18.7 Å². The minimum Gasteiger partial charge on any atom is -0.444 e. The topological polar surface area (TPSA) is 163 Å². The molecule has 4 amide bonds. The van der Waals surface area contributed by atoms with Crippen molar-refractivity contribution in [2.24, 2.45) is 0 Å². The standard InChI is InChI=1S/C36H51N5O8S/c1-34(2,3)49-33(45)37-20-12-17-30(42)39-35(4,5)32(44)38-28(24-48-23-26-13-8-7-9-14-26)31(43)40-21-18-36(19-22-40)25-41(50(6,46)47)29-16-11-10-15-27(29)36/h7-11,13-16,28H,12,17-25H2,1-6H3,(H,37,45)(H,38,44)(H,39,42)/t28-/m1/s1. The number of alkyl carbamates (subject to hydrolysis) is 1. The third-order valence-corrected chi connectivity index (χ3v) is 10.0. The predicted octanol–water partition coefficient (Wildman–Crippen LogP) is 3.23. The average molecular weight is 714 g/mol. The van der Waals surface area contributed by atoms with Crippen molar-refractivity contribution >= 4 is 39.5 Å². The van der Waals surface area contributed by atoms with Gasteiger partial charge in [-0.05, 0) is 71.1 Å². The van der Waals surface area contributed by atoms with Gasteiger partial charge in [0.2, 0.25) is 27.7 Å². The van der Waals surface area contributed by atoms with Gasteiger partial charge in [-0.1, -0.05) is 48.5 Å². The van der Waals surface area contributed by atoms with Crippen LogP contribution in [-0.4, -0.2) is 93.4 Å². The fourth-order valence-corrected chi connectivity index (χ4v) is 7.29. The van der Waals surface area contributed by atoms with E-state index < -0.39 is 44.6 Å². The second-order valence-electron chi connectivity index (χ2n) is 14.6. The largest absolute Gasteiger partial charge is 0.444 e. The van der Waals surface area contributed by atoms with Crippen LogP contribution in [0.5, 0.6) is 0 Å². The molecule has 2 aromatic carbocycles. The van der Waals surface area contributed by atoms with Crippen molar-refractivity contribution in [3.8, 4) is 0 Å². The highest BCUT2D eigenvalue weighted by Gasteiger charge is 2.48. The number of para-hydroxylation sites is 1. The number of nitrogens with zero attached hydrogens (tertiary/aromatic N) is 2. The lowest BCUT2D eigenvalue weighted by Crippen LogP contribution is -2.61. The number of anilines is 1. The van der Waals surface area contributed by atoms with Crippen molar-refractivity contribution in [3.63, 3.8) is 0 Å². The second-order valence-corrected chi connectivity index (χ2v) is 16.5. The minimum absolute atomic E-state index is 0.0600.